The summed E-state index contributed by atoms with van der Waals surface area (Å²) in [6, 6.07) is 10.1. The average Bonchev–Trinajstić information content (AvgIpc) is 3.39. The largest absolute Gasteiger partial charge is 0.507 e. The first-order chi connectivity index (χ1) is 21.3. The third-order valence-corrected chi connectivity index (χ3v) is 7.23. The van der Waals surface area contributed by atoms with Gasteiger partial charge in [-0.1, -0.05) is 23.4 Å². The van der Waals surface area contributed by atoms with Gasteiger partial charge in [0.15, 0.2) is 0 Å². The van der Waals surface area contributed by atoms with E-state index in [9.17, 15) is 24.6 Å². The molecule has 11 nitrogen and oxygen atoms in total. The number of halogens is 1. The fourth-order valence-electron chi connectivity index (χ4n) is 4.89. The number of amides is 3. The molecule has 238 valence electrons. The van der Waals surface area contributed by atoms with E-state index in [-0.39, 0.29) is 30.7 Å². The quantitative estimate of drug-likeness (QED) is 0.279. The highest BCUT2D eigenvalue weighted by Gasteiger charge is 2.35. The number of alkyl carbamates (subject to hydrolysis) is 1. The first kappa shape index (κ1) is 33.4. The summed E-state index contributed by atoms with van der Waals surface area (Å²) in [6.07, 6.45) is 3.07. The molecule has 12 heteroatoms. The average molecular weight is 636 g/mol. The van der Waals surface area contributed by atoms with E-state index in [4.69, 9.17) is 16.3 Å². The van der Waals surface area contributed by atoms with Crippen LogP contribution in [0.25, 0.3) is 11.3 Å². The number of anilines is 1. The molecule has 3 amide bonds. The standard InChI is InChI=1S/C33H38ClN5O6/c1-21(35-32(44)45-33(2,3)4)31(43)39-16-6-5-7-27(39)30(42)36-25-13-9-22(10-14-25)8-11-23-20-38(17-18-40)37-29(23)26-19-24(34)12-15-28(26)41/h9-10,12-15,19-21,27,40-41H,5-7,16-18H2,1-4H3,(H,35,44)(H,36,42)/t21-,27+/m1/s1. The number of nitrogens with one attached hydrogen (secondary N) is 2. The summed E-state index contributed by atoms with van der Waals surface area (Å²) in [4.78, 5) is 40.2. The topological polar surface area (TPSA) is 146 Å². The van der Waals surface area contributed by atoms with Crippen LogP contribution < -0.4 is 10.6 Å². The summed E-state index contributed by atoms with van der Waals surface area (Å²) in [5.74, 6) is 5.50. The number of ether oxygens (including phenoxy) is 1. The van der Waals surface area contributed by atoms with Crippen LogP contribution in [0.15, 0.2) is 48.7 Å². The minimum atomic E-state index is -0.856. The van der Waals surface area contributed by atoms with Crippen LogP contribution >= 0.6 is 11.6 Å². The van der Waals surface area contributed by atoms with Crippen LogP contribution in [0.5, 0.6) is 5.75 Å². The lowest BCUT2D eigenvalue weighted by atomic mass is 10.00. The van der Waals surface area contributed by atoms with Gasteiger partial charge in [0.2, 0.25) is 11.8 Å². The van der Waals surface area contributed by atoms with Crippen LogP contribution in [-0.2, 0) is 20.9 Å². The van der Waals surface area contributed by atoms with Crippen LogP contribution in [0, 0.1) is 11.8 Å². The number of aliphatic hydroxyl groups excluding tert-OH is 1. The van der Waals surface area contributed by atoms with Crippen molar-refractivity contribution in [2.45, 2.75) is 71.2 Å². The molecule has 0 unspecified atom stereocenters. The second-order valence-corrected chi connectivity index (χ2v) is 12.2. The van der Waals surface area contributed by atoms with Crippen molar-refractivity contribution in [2.24, 2.45) is 0 Å². The second kappa shape index (κ2) is 14.5. The number of phenols is 1. The van der Waals surface area contributed by atoms with Crippen molar-refractivity contribution in [3.8, 4) is 28.8 Å². The predicted octanol–water partition coefficient (Wildman–Crippen LogP) is 4.53. The number of hydrogen-bond acceptors (Lipinski definition) is 7. The molecule has 4 N–H and O–H groups in total. The second-order valence-electron chi connectivity index (χ2n) is 11.8. The zero-order chi connectivity index (χ0) is 32.7. The number of likely N-dealkylation sites (tertiary alicyclic amines) is 1. The van der Waals surface area contributed by atoms with Crippen molar-refractivity contribution < 1.29 is 29.3 Å². The van der Waals surface area contributed by atoms with Crippen molar-refractivity contribution >= 4 is 35.2 Å². The summed E-state index contributed by atoms with van der Waals surface area (Å²) in [6.45, 7) is 7.35. The van der Waals surface area contributed by atoms with Gasteiger partial charge in [0.25, 0.3) is 0 Å². The molecule has 0 bridgehead atoms. The van der Waals surface area contributed by atoms with Gasteiger partial charge in [0.05, 0.1) is 18.7 Å². The number of aromatic hydroxyl groups is 1. The summed E-state index contributed by atoms with van der Waals surface area (Å²) < 4.78 is 6.81. The maximum Gasteiger partial charge on any atom is 0.408 e. The number of nitrogens with zero attached hydrogens (tertiary/aromatic N) is 3. The molecule has 0 radical (unpaired) electrons. The van der Waals surface area contributed by atoms with Gasteiger partial charge in [-0.05, 0) is 89.4 Å². The van der Waals surface area contributed by atoms with Gasteiger partial charge in [-0.3, -0.25) is 14.3 Å². The van der Waals surface area contributed by atoms with E-state index in [0.717, 1.165) is 12.8 Å². The van der Waals surface area contributed by atoms with Crippen LogP contribution in [0.1, 0.15) is 58.1 Å². The Bertz CT molecular complexity index is 1600. The van der Waals surface area contributed by atoms with Crippen molar-refractivity contribution in [2.75, 3.05) is 18.5 Å². The van der Waals surface area contributed by atoms with Crippen molar-refractivity contribution in [3.05, 3.63) is 64.8 Å². The number of aliphatic hydroxyl groups is 1. The molecular weight excluding hydrogens is 598 g/mol. The molecule has 2 aromatic carbocycles. The molecule has 1 aromatic heterocycles. The molecule has 2 atom stereocenters. The lowest BCUT2D eigenvalue weighted by Gasteiger charge is -2.36. The SMILES string of the molecule is C[C@@H](NC(=O)OC(C)(C)C)C(=O)N1CCCC[C@H]1C(=O)Nc1ccc(C#Cc2cn(CCO)nc2-c2cc(Cl)ccc2O)cc1. The molecule has 1 fully saturated rings. The van der Waals surface area contributed by atoms with Crippen molar-refractivity contribution in [3.63, 3.8) is 0 Å². The zero-order valence-corrected chi connectivity index (χ0v) is 26.5. The fraction of sp³-hybridized carbons (Fsp3) is 0.394. The molecule has 45 heavy (non-hydrogen) atoms. The molecule has 4 rings (SSSR count). The third-order valence-electron chi connectivity index (χ3n) is 6.99. The minimum Gasteiger partial charge on any atom is -0.507 e. The third kappa shape index (κ3) is 9.00. The molecule has 0 saturated carbocycles. The summed E-state index contributed by atoms with van der Waals surface area (Å²) in [7, 11) is 0. The monoisotopic (exact) mass is 635 g/mol. The van der Waals surface area contributed by atoms with E-state index in [2.05, 4.69) is 27.6 Å². The van der Waals surface area contributed by atoms with Crippen molar-refractivity contribution in [1.82, 2.24) is 20.0 Å². The Balaban J connectivity index is 1.45. The summed E-state index contributed by atoms with van der Waals surface area (Å²) >= 11 is 6.14. The van der Waals surface area contributed by atoms with Crippen molar-refractivity contribution in [1.29, 1.82) is 0 Å². The number of benzene rings is 2. The first-order valence-corrected chi connectivity index (χ1v) is 15.1. The van der Waals surface area contributed by atoms with Gasteiger partial charge in [0.1, 0.15) is 29.1 Å². The normalized spacial score (nSPS) is 15.4. The Morgan fingerprint density at radius 1 is 1.13 bits per heavy atom. The van der Waals surface area contributed by atoms with E-state index in [1.54, 1.807) is 75.0 Å². The highest BCUT2D eigenvalue weighted by Crippen LogP contribution is 2.32. The summed E-state index contributed by atoms with van der Waals surface area (Å²) in [5, 5.41) is 30.1. The smallest absolute Gasteiger partial charge is 0.408 e. The lowest BCUT2D eigenvalue weighted by molar-refractivity contribution is -0.141. The molecule has 1 aliphatic rings. The lowest BCUT2D eigenvalue weighted by Crippen LogP contribution is -2.56. The number of piperidine rings is 1. The number of carbonyl (C=O) groups excluding carboxylic acids is 3. The maximum absolute atomic E-state index is 13.3. The van der Waals surface area contributed by atoms with Crippen LogP contribution in [0.4, 0.5) is 10.5 Å². The highest BCUT2D eigenvalue weighted by molar-refractivity contribution is 6.31. The van der Waals surface area contributed by atoms with Gasteiger partial charge in [-0.2, -0.15) is 5.10 Å². The highest BCUT2D eigenvalue weighted by atomic mass is 35.5. The number of aromatic nitrogens is 2. The fourth-order valence-corrected chi connectivity index (χ4v) is 5.06. The van der Waals surface area contributed by atoms with Gasteiger partial charge < -0.3 is 30.5 Å². The maximum atomic E-state index is 13.3. The van der Waals surface area contributed by atoms with Crippen LogP contribution in [0.2, 0.25) is 5.02 Å². The van der Waals surface area contributed by atoms with Gasteiger partial charge >= 0.3 is 6.09 Å². The molecule has 1 saturated heterocycles. The Kier molecular flexibility index (Phi) is 10.8. The number of carbonyl (C=O) groups is 3. The van der Waals surface area contributed by atoms with Gasteiger partial charge in [-0.25, -0.2) is 4.79 Å². The molecule has 3 aromatic rings. The van der Waals surface area contributed by atoms with E-state index in [0.29, 0.717) is 46.1 Å². The molecule has 1 aliphatic heterocycles. The molecular formula is C33H38ClN5O6. The van der Waals surface area contributed by atoms with E-state index in [1.807, 2.05) is 0 Å². The Morgan fingerprint density at radius 3 is 2.56 bits per heavy atom. The summed E-state index contributed by atoms with van der Waals surface area (Å²) in [5.41, 5.74) is 1.91. The van der Waals surface area contributed by atoms with Crippen LogP contribution in [0.3, 0.4) is 0 Å². The van der Waals surface area contributed by atoms with E-state index < -0.39 is 23.8 Å². The number of hydrogen-bond donors (Lipinski definition) is 4. The number of rotatable bonds is 7. The van der Waals surface area contributed by atoms with Gasteiger partial charge in [-0.15, -0.1) is 0 Å². The first-order valence-electron chi connectivity index (χ1n) is 14.7. The molecule has 0 aliphatic carbocycles. The Hall–Kier alpha value is -4.53. The van der Waals surface area contributed by atoms with Crippen LogP contribution in [-0.4, -0.2) is 73.6 Å². The molecule has 0 spiro atoms. The number of phenolic OH excluding ortho intramolecular Hbond substituents is 1. The molecule has 2 heterocycles. The van der Waals surface area contributed by atoms with E-state index >= 15 is 0 Å². The Morgan fingerprint density at radius 2 is 1.87 bits per heavy atom. The predicted molar refractivity (Wildman–Crippen MR) is 171 cm³/mol. The Labute approximate surface area is 267 Å². The van der Waals surface area contributed by atoms with Gasteiger partial charge in [0, 0.05) is 34.6 Å². The van der Waals surface area contributed by atoms with E-state index in [1.165, 1.54) is 11.0 Å². The minimum absolute atomic E-state index is 0.00351. The zero-order valence-electron chi connectivity index (χ0n) is 25.8.